The maximum absolute atomic E-state index is 5.98. The number of rotatable bonds is 1. The first-order valence-electron chi connectivity index (χ1n) is 7.78. The molecule has 1 spiro atoms. The molecule has 0 radical (unpaired) electrons. The van der Waals surface area contributed by atoms with Crippen LogP contribution in [0.3, 0.4) is 0 Å². The second-order valence-corrected chi connectivity index (χ2v) is 5.90. The molecule has 5 rings (SSSR count). The summed E-state index contributed by atoms with van der Waals surface area (Å²) in [5.41, 5.74) is 8.56. The van der Waals surface area contributed by atoms with Gasteiger partial charge in [-0.05, 0) is 12.1 Å². The average Bonchev–Trinajstić information content (AvgIpc) is 3.05. The molecule has 0 fully saturated rings. The molecular weight excluding hydrogens is 318 g/mol. The molecule has 0 amide bonds. The summed E-state index contributed by atoms with van der Waals surface area (Å²) < 4.78 is 11.5. The number of hydrogen-bond donors (Lipinski definition) is 1. The molecule has 4 heterocycles. The Kier molecular flexibility index (Phi) is 2.79. The van der Waals surface area contributed by atoms with Crippen LogP contribution in [0.1, 0.15) is 11.1 Å². The highest BCUT2D eigenvalue weighted by Crippen LogP contribution is 2.50. The summed E-state index contributed by atoms with van der Waals surface area (Å²) >= 11 is 0. The fourth-order valence-corrected chi connectivity index (χ4v) is 3.29. The van der Waals surface area contributed by atoms with Crippen molar-refractivity contribution in [2.75, 3.05) is 6.61 Å². The van der Waals surface area contributed by atoms with Gasteiger partial charge in [0.1, 0.15) is 18.7 Å². The number of amidine groups is 1. The minimum Gasteiger partial charge on any atom is -0.462 e. The van der Waals surface area contributed by atoms with Crippen LogP contribution < -0.4 is 10.5 Å². The van der Waals surface area contributed by atoms with Crippen molar-refractivity contribution in [1.82, 2.24) is 15.0 Å². The number of aliphatic imine (C=N–C) groups is 1. The molecule has 1 aromatic carbocycles. The van der Waals surface area contributed by atoms with Gasteiger partial charge in [-0.3, -0.25) is 0 Å². The SMILES string of the molecule is NC1=N[C@]2(CO1)c1ccccc1Oc1ncc(-c3cncnc3)cc12. The Morgan fingerprint density at radius 2 is 1.84 bits per heavy atom. The van der Waals surface area contributed by atoms with Gasteiger partial charge >= 0.3 is 0 Å². The zero-order valence-electron chi connectivity index (χ0n) is 13.1. The quantitative estimate of drug-likeness (QED) is 0.734. The normalized spacial score (nSPS) is 20.2. The lowest BCUT2D eigenvalue weighted by molar-refractivity contribution is 0.262. The third-order valence-electron chi connectivity index (χ3n) is 4.46. The van der Waals surface area contributed by atoms with Gasteiger partial charge in [0.25, 0.3) is 6.02 Å². The molecule has 7 heteroatoms. The highest BCUT2D eigenvalue weighted by molar-refractivity contribution is 5.77. The summed E-state index contributed by atoms with van der Waals surface area (Å²) in [7, 11) is 0. The van der Waals surface area contributed by atoms with Gasteiger partial charge in [-0.1, -0.05) is 18.2 Å². The number of nitrogens with two attached hydrogens (primary N) is 1. The smallest absolute Gasteiger partial charge is 0.283 e. The molecule has 2 N–H and O–H groups in total. The Morgan fingerprint density at radius 3 is 2.64 bits per heavy atom. The minimum atomic E-state index is -0.757. The molecular formula is C18H13N5O2. The van der Waals surface area contributed by atoms with Crippen LogP contribution in [0.15, 0.2) is 60.2 Å². The second kappa shape index (κ2) is 5.01. The molecule has 0 bridgehead atoms. The fourth-order valence-electron chi connectivity index (χ4n) is 3.29. The largest absolute Gasteiger partial charge is 0.462 e. The number of pyridine rings is 1. The van der Waals surface area contributed by atoms with Crippen molar-refractivity contribution >= 4 is 6.02 Å². The van der Waals surface area contributed by atoms with Gasteiger partial charge in [0.15, 0.2) is 5.54 Å². The molecule has 2 aliphatic rings. The van der Waals surface area contributed by atoms with E-state index in [1.54, 1.807) is 18.6 Å². The molecule has 2 aromatic heterocycles. The third kappa shape index (κ3) is 1.99. The summed E-state index contributed by atoms with van der Waals surface area (Å²) in [5, 5.41) is 0. The van der Waals surface area contributed by atoms with Crippen LogP contribution in [0.25, 0.3) is 11.1 Å². The van der Waals surface area contributed by atoms with Gasteiger partial charge in [0, 0.05) is 35.3 Å². The number of para-hydroxylation sites is 1. The maximum atomic E-state index is 5.98. The van der Waals surface area contributed by atoms with Crippen LogP contribution in [0.4, 0.5) is 0 Å². The Hall–Kier alpha value is -3.48. The van der Waals surface area contributed by atoms with E-state index in [1.165, 1.54) is 6.33 Å². The van der Waals surface area contributed by atoms with Crippen LogP contribution in [0.2, 0.25) is 0 Å². The van der Waals surface area contributed by atoms with E-state index in [0.717, 1.165) is 22.3 Å². The number of ether oxygens (including phenoxy) is 2. The lowest BCUT2D eigenvalue weighted by Gasteiger charge is -2.32. The molecule has 0 saturated carbocycles. The van der Waals surface area contributed by atoms with Crippen molar-refractivity contribution in [1.29, 1.82) is 0 Å². The van der Waals surface area contributed by atoms with Crippen LogP contribution in [-0.4, -0.2) is 27.6 Å². The zero-order chi connectivity index (χ0) is 16.9. The highest BCUT2D eigenvalue weighted by Gasteiger charge is 2.47. The van der Waals surface area contributed by atoms with E-state index in [2.05, 4.69) is 19.9 Å². The van der Waals surface area contributed by atoms with Gasteiger partial charge in [0.05, 0.1) is 5.56 Å². The van der Waals surface area contributed by atoms with Crippen LogP contribution in [0, 0.1) is 0 Å². The summed E-state index contributed by atoms with van der Waals surface area (Å²) in [6.45, 7) is 0.308. The van der Waals surface area contributed by atoms with Crippen molar-refractivity contribution in [2.45, 2.75) is 5.54 Å². The van der Waals surface area contributed by atoms with E-state index in [1.807, 2.05) is 30.3 Å². The van der Waals surface area contributed by atoms with Gasteiger partial charge in [-0.25, -0.2) is 19.9 Å². The van der Waals surface area contributed by atoms with E-state index < -0.39 is 5.54 Å². The zero-order valence-corrected chi connectivity index (χ0v) is 13.1. The number of aromatic nitrogens is 3. The number of fused-ring (bicyclic) bond motifs is 4. The van der Waals surface area contributed by atoms with Crippen molar-refractivity contribution < 1.29 is 9.47 Å². The number of hydrogen-bond acceptors (Lipinski definition) is 7. The maximum Gasteiger partial charge on any atom is 0.283 e. The van der Waals surface area contributed by atoms with E-state index in [4.69, 9.17) is 15.2 Å². The number of benzene rings is 1. The van der Waals surface area contributed by atoms with Crippen LogP contribution in [0.5, 0.6) is 11.6 Å². The van der Waals surface area contributed by atoms with E-state index >= 15 is 0 Å². The molecule has 1 atom stereocenters. The summed E-state index contributed by atoms with van der Waals surface area (Å²) in [6.07, 6.45) is 6.71. The monoisotopic (exact) mass is 331 g/mol. The van der Waals surface area contributed by atoms with Crippen molar-refractivity contribution in [3.8, 4) is 22.8 Å². The van der Waals surface area contributed by atoms with Crippen molar-refractivity contribution in [3.63, 3.8) is 0 Å². The van der Waals surface area contributed by atoms with Gasteiger partial charge in [-0.15, -0.1) is 0 Å². The Bertz CT molecular complexity index is 1010. The third-order valence-corrected chi connectivity index (χ3v) is 4.46. The molecule has 0 saturated heterocycles. The van der Waals surface area contributed by atoms with Crippen LogP contribution in [-0.2, 0) is 10.3 Å². The van der Waals surface area contributed by atoms with Gasteiger partial charge in [-0.2, -0.15) is 0 Å². The molecule has 25 heavy (non-hydrogen) atoms. The minimum absolute atomic E-state index is 0.163. The Morgan fingerprint density at radius 1 is 1.00 bits per heavy atom. The fraction of sp³-hybridized carbons (Fsp3) is 0.111. The Balaban J connectivity index is 1.75. The van der Waals surface area contributed by atoms with E-state index in [0.29, 0.717) is 18.2 Å². The number of nitrogens with zero attached hydrogens (tertiary/aromatic N) is 4. The standard InChI is InChI=1S/C18H13N5O2/c19-17-23-18(9-24-17)13-3-1-2-4-15(13)25-16-14(18)5-11(8-22-16)12-6-20-10-21-7-12/h1-8,10H,9H2,(H2,19,23)/t18-/m1/s1. The molecule has 122 valence electrons. The predicted octanol–water partition coefficient (Wildman–Crippen LogP) is 2.23. The van der Waals surface area contributed by atoms with E-state index in [-0.39, 0.29) is 6.02 Å². The molecule has 0 aliphatic carbocycles. The predicted molar refractivity (Wildman–Crippen MR) is 90.1 cm³/mol. The lowest BCUT2D eigenvalue weighted by Crippen LogP contribution is -2.31. The first kappa shape index (κ1) is 13.9. The Labute approximate surface area is 143 Å². The summed E-state index contributed by atoms with van der Waals surface area (Å²) in [6, 6.07) is 9.88. The first-order chi connectivity index (χ1) is 12.3. The molecule has 3 aromatic rings. The van der Waals surface area contributed by atoms with E-state index in [9.17, 15) is 0 Å². The topological polar surface area (TPSA) is 95.5 Å². The second-order valence-electron chi connectivity index (χ2n) is 5.90. The molecule has 0 unspecified atom stereocenters. The first-order valence-corrected chi connectivity index (χ1v) is 7.78. The highest BCUT2D eigenvalue weighted by atomic mass is 16.5. The molecule has 7 nitrogen and oxygen atoms in total. The van der Waals surface area contributed by atoms with Gasteiger partial charge in [0.2, 0.25) is 5.88 Å². The lowest BCUT2D eigenvalue weighted by atomic mass is 9.82. The molecule has 2 aliphatic heterocycles. The van der Waals surface area contributed by atoms with Crippen molar-refractivity contribution in [3.05, 3.63) is 66.4 Å². The van der Waals surface area contributed by atoms with Crippen molar-refractivity contribution in [2.24, 2.45) is 10.7 Å². The van der Waals surface area contributed by atoms with Gasteiger partial charge < -0.3 is 15.2 Å². The average molecular weight is 331 g/mol. The summed E-state index contributed by atoms with van der Waals surface area (Å²) in [4.78, 5) is 17.2. The summed E-state index contributed by atoms with van der Waals surface area (Å²) in [5.74, 6) is 1.21. The van der Waals surface area contributed by atoms with Crippen LogP contribution >= 0.6 is 0 Å².